The number of benzene rings is 1. The first-order chi connectivity index (χ1) is 8.75. The third kappa shape index (κ3) is 1.90. The summed E-state index contributed by atoms with van der Waals surface area (Å²) in [5.74, 6) is 0.176. The highest BCUT2D eigenvalue weighted by molar-refractivity contribution is 5.87. The maximum atomic E-state index is 12.3. The van der Waals surface area contributed by atoms with Gasteiger partial charge in [-0.05, 0) is 37.3 Å². The number of aromatic amines is 1. The second kappa shape index (κ2) is 4.48. The molecule has 1 saturated heterocycles. The van der Waals surface area contributed by atoms with Gasteiger partial charge in [-0.2, -0.15) is 0 Å². The Balaban J connectivity index is 1.86. The molecule has 1 aromatic heterocycles. The molecule has 3 nitrogen and oxygen atoms in total. The van der Waals surface area contributed by atoms with Crippen molar-refractivity contribution in [3.05, 3.63) is 36.0 Å². The summed E-state index contributed by atoms with van der Waals surface area (Å²) >= 11 is 0. The SMILES string of the molecule is CC(C(=O)N1CCCC1)c1cc2ccccc2[nH]1. The van der Waals surface area contributed by atoms with E-state index in [0.717, 1.165) is 37.1 Å². The normalized spacial score (nSPS) is 17.3. The Bertz CT molecular complexity index is 534. The first-order valence-corrected chi connectivity index (χ1v) is 6.62. The van der Waals surface area contributed by atoms with E-state index in [2.05, 4.69) is 17.1 Å². The van der Waals surface area contributed by atoms with Gasteiger partial charge in [0.05, 0.1) is 5.92 Å². The Morgan fingerprint density at radius 3 is 2.72 bits per heavy atom. The number of likely N-dealkylation sites (tertiary alicyclic amines) is 1. The highest BCUT2D eigenvalue weighted by Crippen LogP contribution is 2.24. The van der Waals surface area contributed by atoms with Gasteiger partial charge in [-0.1, -0.05) is 18.2 Å². The average Bonchev–Trinajstić information content (AvgIpc) is 3.05. The average molecular weight is 242 g/mol. The van der Waals surface area contributed by atoms with Crippen LogP contribution in [0, 0.1) is 0 Å². The Morgan fingerprint density at radius 1 is 1.28 bits per heavy atom. The van der Waals surface area contributed by atoms with Gasteiger partial charge in [0.15, 0.2) is 0 Å². The van der Waals surface area contributed by atoms with Crippen molar-refractivity contribution in [1.82, 2.24) is 9.88 Å². The number of aromatic nitrogens is 1. The minimum Gasteiger partial charge on any atom is -0.358 e. The van der Waals surface area contributed by atoms with Crippen LogP contribution in [0.25, 0.3) is 10.9 Å². The summed E-state index contributed by atoms with van der Waals surface area (Å²) in [5.41, 5.74) is 2.13. The van der Waals surface area contributed by atoms with Crippen molar-refractivity contribution in [3.8, 4) is 0 Å². The van der Waals surface area contributed by atoms with E-state index in [0.29, 0.717) is 0 Å². The van der Waals surface area contributed by atoms with Crippen LogP contribution in [0.5, 0.6) is 0 Å². The van der Waals surface area contributed by atoms with Crippen LogP contribution in [0.1, 0.15) is 31.4 Å². The molecule has 1 aliphatic rings. The Hall–Kier alpha value is -1.77. The summed E-state index contributed by atoms with van der Waals surface area (Å²) < 4.78 is 0. The molecule has 0 radical (unpaired) electrons. The van der Waals surface area contributed by atoms with Crippen molar-refractivity contribution in [2.75, 3.05) is 13.1 Å². The predicted molar refractivity (Wildman–Crippen MR) is 72.5 cm³/mol. The number of fused-ring (bicyclic) bond motifs is 1. The number of para-hydroxylation sites is 1. The highest BCUT2D eigenvalue weighted by Gasteiger charge is 2.25. The van der Waals surface area contributed by atoms with Gasteiger partial charge in [-0.15, -0.1) is 0 Å². The number of carbonyl (C=O) groups is 1. The summed E-state index contributed by atoms with van der Waals surface area (Å²) in [5, 5.41) is 1.17. The van der Waals surface area contributed by atoms with Crippen LogP contribution in [-0.4, -0.2) is 28.9 Å². The van der Waals surface area contributed by atoms with Crippen molar-refractivity contribution in [2.24, 2.45) is 0 Å². The van der Waals surface area contributed by atoms with Crippen molar-refractivity contribution in [1.29, 1.82) is 0 Å². The molecule has 1 atom stereocenters. The van der Waals surface area contributed by atoms with Crippen LogP contribution in [0.4, 0.5) is 0 Å². The quantitative estimate of drug-likeness (QED) is 0.863. The Kier molecular flexibility index (Phi) is 2.82. The smallest absolute Gasteiger partial charge is 0.231 e. The lowest BCUT2D eigenvalue weighted by Crippen LogP contribution is -2.31. The maximum Gasteiger partial charge on any atom is 0.231 e. The van der Waals surface area contributed by atoms with E-state index >= 15 is 0 Å². The maximum absolute atomic E-state index is 12.3. The number of hydrogen-bond acceptors (Lipinski definition) is 1. The fourth-order valence-corrected chi connectivity index (χ4v) is 2.67. The van der Waals surface area contributed by atoms with Gasteiger partial charge in [0.1, 0.15) is 0 Å². The second-order valence-corrected chi connectivity index (χ2v) is 5.07. The standard InChI is InChI=1S/C15H18N2O/c1-11(15(18)17-8-4-5-9-17)14-10-12-6-2-3-7-13(12)16-14/h2-3,6-7,10-11,16H,4-5,8-9H2,1H3. The minimum atomic E-state index is -0.0736. The number of carbonyl (C=O) groups excluding carboxylic acids is 1. The molecule has 18 heavy (non-hydrogen) atoms. The van der Waals surface area contributed by atoms with E-state index in [1.165, 1.54) is 5.39 Å². The number of nitrogens with one attached hydrogen (secondary N) is 1. The van der Waals surface area contributed by atoms with E-state index in [9.17, 15) is 4.79 Å². The molecular weight excluding hydrogens is 224 g/mol. The van der Waals surface area contributed by atoms with E-state index < -0.39 is 0 Å². The van der Waals surface area contributed by atoms with Gasteiger partial charge in [0.25, 0.3) is 0 Å². The molecule has 0 saturated carbocycles. The minimum absolute atomic E-state index is 0.0736. The number of nitrogens with zero attached hydrogens (tertiary/aromatic N) is 1. The van der Waals surface area contributed by atoms with Crippen molar-refractivity contribution in [2.45, 2.75) is 25.7 Å². The van der Waals surface area contributed by atoms with Gasteiger partial charge >= 0.3 is 0 Å². The van der Waals surface area contributed by atoms with Gasteiger partial charge in [0.2, 0.25) is 5.91 Å². The molecule has 2 heterocycles. The second-order valence-electron chi connectivity index (χ2n) is 5.07. The monoisotopic (exact) mass is 242 g/mol. The molecule has 3 heteroatoms. The zero-order valence-corrected chi connectivity index (χ0v) is 10.6. The summed E-state index contributed by atoms with van der Waals surface area (Å²) in [7, 11) is 0. The molecule has 1 aliphatic heterocycles. The first kappa shape index (κ1) is 11.3. The molecule has 94 valence electrons. The molecule has 1 amide bonds. The molecule has 3 rings (SSSR count). The number of hydrogen-bond donors (Lipinski definition) is 1. The van der Waals surface area contributed by atoms with E-state index in [-0.39, 0.29) is 11.8 Å². The third-order valence-corrected chi connectivity index (χ3v) is 3.81. The summed E-state index contributed by atoms with van der Waals surface area (Å²) in [6.07, 6.45) is 2.29. The molecule has 1 fully saturated rings. The Morgan fingerprint density at radius 2 is 2.00 bits per heavy atom. The van der Waals surface area contributed by atoms with Crippen LogP contribution < -0.4 is 0 Å². The molecule has 1 N–H and O–H groups in total. The summed E-state index contributed by atoms with van der Waals surface area (Å²) in [4.78, 5) is 17.7. The summed E-state index contributed by atoms with van der Waals surface area (Å²) in [6, 6.07) is 10.2. The van der Waals surface area contributed by atoms with Gasteiger partial charge < -0.3 is 9.88 Å². The molecule has 2 aromatic rings. The highest BCUT2D eigenvalue weighted by atomic mass is 16.2. The third-order valence-electron chi connectivity index (χ3n) is 3.81. The zero-order chi connectivity index (χ0) is 12.5. The summed E-state index contributed by atoms with van der Waals surface area (Å²) in [6.45, 7) is 3.83. The molecular formula is C15H18N2O. The molecule has 1 aromatic carbocycles. The Labute approximate surface area is 107 Å². The largest absolute Gasteiger partial charge is 0.358 e. The van der Waals surface area contributed by atoms with Crippen molar-refractivity contribution in [3.63, 3.8) is 0 Å². The van der Waals surface area contributed by atoms with E-state index in [1.54, 1.807) is 0 Å². The van der Waals surface area contributed by atoms with Gasteiger partial charge in [0, 0.05) is 24.3 Å². The van der Waals surface area contributed by atoms with Gasteiger partial charge in [-0.3, -0.25) is 4.79 Å². The fourth-order valence-electron chi connectivity index (χ4n) is 2.67. The molecule has 0 spiro atoms. The van der Waals surface area contributed by atoms with Crippen LogP contribution in [-0.2, 0) is 4.79 Å². The molecule has 0 bridgehead atoms. The van der Waals surface area contributed by atoms with Crippen molar-refractivity contribution < 1.29 is 4.79 Å². The number of amides is 1. The van der Waals surface area contributed by atoms with Crippen LogP contribution in [0.3, 0.4) is 0 Å². The molecule has 1 unspecified atom stereocenters. The first-order valence-electron chi connectivity index (χ1n) is 6.62. The topological polar surface area (TPSA) is 36.1 Å². The lowest BCUT2D eigenvalue weighted by atomic mass is 10.1. The van der Waals surface area contributed by atoms with Crippen molar-refractivity contribution >= 4 is 16.8 Å². The van der Waals surface area contributed by atoms with Crippen LogP contribution in [0.15, 0.2) is 30.3 Å². The number of H-pyrrole nitrogens is 1. The lowest BCUT2D eigenvalue weighted by Gasteiger charge is -2.19. The molecule has 0 aliphatic carbocycles. The van der Waals surface area contributed by atoms with E-state index in [4.69, 9.17) is 0 Å². The fraction of sp³-hybridized carbons (Fsp3) is 0.400. The van der Waals surface area contributed by atoms with Crippen LogP contribution >= 0.6 is 0 Å². The van der Waals surface area contributed by atoms with E-state index in [1.807, 2.05) is 30.0 Å². The zero-order valence-electron chi connectivity index (χ0n) is 10.6. The van der Waals surface area contributed by atoms with Gasteiger partial charge in [-0.25, -0.2) is 0 Å². The van der Waals surface area contributed by atoms with Crippen LogP contribution in [0.2, 0.25) is 0 Å². The lowest BCUT2D eigenvalue weighted by molar-refractivity contribution is -0.131. The predicted octanol–water partition coefficient (Wildman–Crippen LogP) is 2.89. The number of rotatable bonds is 2.